The van der Waals surface area contributed by atoms with Gasteiger partial charge in [0.05, 0.1) is 10.7 Å². The molecule has 0 atom stereocenters. The molecule has 0 fully saturated rings. The fourth-order valence-electron chi connectivity index (χ4n) is 3.12. The van der Waals surface area contributed by atoms with E-state index in [1.807, 2.05) is 50.2 Å². The number of aryl methyl sites for hydroxylation is 2. The average molecular weight is 321 g/mol. The molecule has 1 aliphatic carbocycles. The van der Waals surface area contributed by atoms with E-state index in [2.05, 4.69) is 17.1 Å². The number of benzene rings is 2. The van der Waals surface area contributed by atoms with E-state index in [1.54, 1.807) is 0 Å². The van der Waals surface area contributed by atoms with Crippen molar-refractivity contribution < 1.29 is 9.53 Å². The minimum Gasteiger partial charge on any atom is -0.448 e. The molecule has 1 aromatic heterocycles. The Morgan fingerprint density at radius 2 is 1.57 bits per heavy atom. The van der Waals surface area contributed by atoms with Gasteiger partial charge in [-0.05, 0) is 25.0 Å². The van der Waals surface area contributed by atoms with Gasteiger partial charge in [0.2, 0.25) is 0 Å². The van der Waals surface area contributed by atoms with Crippen molar-refractivity contribution in [2.75, 3.05) is 0 Å². The summed E-state index contributed by atoms with van der Waals surface area (Å²) in [6.07, 6.45) is -0.350. The van der Waals surface area contributed by atoms with Crippen molar-refractivity contribution in [1.82, 2.24) is 4.98 Å². The van der Waals surface area contributed by atoms with Crippen LogP contribution >= 0.6 is 11.3 Å². The molecule has 0 radical (unpaired) electrons. The highest BCUT2D eigenvalue weighted by atomic mass is 32.1. The van der Waals surface area contributed by atoms with Crippen LogP contribution in [0.25, 0.3) is 11.1 Å². The number of hydrogen-bond acceptors (Lipinski definition) is 4. The second kappa shape index (κ2) is 5.32. The fourth-order valence-corrected chi connectivity index (χ4v) is 3.92. The number of thiazole rings is 1. The highest BCUT2D eigenvalue weighted by Crippen LogP contribution is 2.45. The van der Waals surface area contributed by atoms with Gasteiger partial charge in [0, 0.05) is 11.1 Å². The van der Waals surface area contributed by atoms with Crippen LogP contribution in [0.3, 0.4) is 0 Å². The Bertz CT molecular complexity index is 868. The van der Waals surface area contributed by atoms with E-state index in [9.17, 15) is 4.79 Å². The van der Waals surface area contributed by atoms with Crippen LogP contribution in [-0.2, 0) is 4.74 Å². The lowest BCUT2D eigenvalue weighted by Gasteiger charge is -2.14. The lowest BCUT2D eigenvalue weighted by molar-refractivity contribution is 0.0390. The van der Waals surface area contributed by atoms with E-state index in [1.165, 1.54) is 11.3 Å². The monoisotopic (exact) mass is 321 g/mol. The second-order valence-electron chi connectivity index (χ2n) is 5.61. The third-order valence-corrected chi connectivity index (χ3v) is 5.14. The van der Waals surface area contributed by atoms with Crippen LogP contribution in [-0.4, -0.2) is 11.0 Å². The van der Waals surface area contributed by atoms with Crippen molar-refractivity contribution >= 4 is 17.3 Å². The van der Waals surface area contributed by atoms with Crippen LogP contribution < -0.4 is 0 Å². The molecule has 3 aromatic rings. The topological polar surface area (TPSA) is 39.2 Å². The summed E-state index contributed by atoms with van der Waals surface area (Å²) >= 11 is 1.38. The minimum atomic E-state index is -0.350. The Morgan fingerprint density at radius 3 is 2.09 bits per heavy atom. The molecule has 0 N–H and O–H groups in total. The molecular weight excluding hydrogens is 306 g/mol. The van der Waals surface area contributed by atoms with Gasteiger partial charge >= 0.3 is 5.97 Å². The quantitative estimate of drug-likeness (QED) is 0.643. The molecule has 4 heteroatoms. The van der Waals surface area contributed by atoms with Crippen LogP contribution in [0, 0.1) is 13.8 Å². The number of nitrogens with zero attached hydrogens (tertiary/aromatic N) is 1. The number of esters is 1. The summed E-state index contributed by atoms with van der Waals surface area (Å²) in [6, 6.07) is 16.2. The van der Waals surface area contributed by atoms with Crippen LogP contribution in [0.4, 0.5) is 0 Å². The lowest BCUT2D eigenvalue weighted by Crippen LogP contribution is -2.10. The second-order valence-corrected chi connectivity index (χ2v) is 6.81. The SMILES string of the molecule is Cc1nc(C)c(C(=O)OC2c3ccccc3-c3ccccc32)s1. The number of ether oxygens (including phenoxy) is 1. The van der Waals surface area contributed by atoms with Crippen molar-refractivity contribution in [2.24, 2.45) is 0 Å². The summed E-state index contributed by atoms with van der Waals surface area (Å²) < 4.78 is 5.88. The third kappa shape index (κ3) is 2.26. The van der Waals surface area contributed by atoms with E-state index < -0.39 is 0 Å². The Balaban J connectivity index is 1.75. The molecule has 0 spiro atoms. The zero-order valence-corrected chi connectivity index (χ0v) is 13.7. The van der Waals surface area contributed by atoms with Crippen molar-refractivity contribution in [2.45, 2.75) is 20.0 Å². The number of carbonyl (C=O) groups excluding carboxylic acids is 1. The molecule has 1 aliphatic rings. The number of fused-ring (bicyclic) bond motifs is 3. The van der Waals surface area contributed by atoms with Gasteiger partial charge in [-0.3, -0.25) is 0 Å². The molecule has 4 rings (SSSR count). The molecular formula is C19H15NO2S. The summed E-state index contributed by atoms with van der Waals surface area (Å²) in [4.78, 5) is 17.5. The minimum absolute atomic E-state index is 0.301. The highest BCUT2D eigenvalue weighted by Gasteiger charge is 2.32. The van der Waals surface area contributed by atoms with Crippen molar-refractivity contribution in [1.29, 1.82) is 0 Å². The largest absolute Gasteiger partial charge is 0.448 e. The van der Waals surface area contributed by atoms with Crippen LogP contribution in [0.15, 0.2) is 48.5 Å². The van der Waals surface area contributed by atoms with E-state index in [0.29, 0.717) is 4.88 Å². The van der Waals surface area contributed by atoms with Gasteiger partial charge in [0.1, 0.15) is 4.88 Å². The van der Waals surface area contributed by atoms with Gasteiger partial charge in [-0.25, -0.2) is 9.78 Å². The van der Waals surface area contributed by atoms with Gasteiger partial charge in [-0.1, -0.05) is 48.5 Å². The van der Waals surface area contributed by atoms with Gasteiger partial charge in [0.15, 0.2) is 6.10 Å². The lowest BCUT2D eigenvalue weighted by atomic mass is 10.1. The number of carbonyl (C=O) groups is 1. The first-order chi connectivity index (χ1) is 11.1. The third-order valence-electron chi connectivity index (χ3n) is 4.09. The molecule has 1 heterocycles. The van der Waals surface area contributed by atoms with Crippen LogP contribution in [0.5, 0.6) is 0 Å². The standard InChI is InChI=1S/C19H15NO2S/c1-11-18(23-12(2)20-11)19(21)22-17-15-9-5-3-7-13(15)14-8-4-6-10-16(14)17/h3-10,17H,1-2H3. The summed E-state index contributed by atoms with van der Waals surface area (Å²) in [5.74, 6) is -0.301. The predicted octanol–water partition coefficient (Wildman–Crippen LogP) is 4.69. The molecule has 114 valence electrons. The molecule has 3 nitrogen and oxygen atoms in total. The zero-order chi connectivity index (χ0) is 16.0. The molecule has 0 aliphatic heterocycles. The van der Waals surface area contributed by atoms with E-state index in [4.69, 9.17) is 4.74 Å². The Kier molecular flexibility index (Phi) is 3.27. The maximum absolute atomic E-state index is 12.6. The Morgan fingerprint density at radius 1 is 1.00 bits per heavy atom. The number of aromatic nitrogens is 1. The van der Waals surface area contributed by atoms with E-state index >= 15 is 0 Å². The van der Waals surface area contributed by atoms with E-state index in [-0.39, 0.29) is 12.1 Å². The Labute approximate surface area is 138 Å². The van der Waals surface area contributed by atoms with Gasteiger partial charge in [-0.2, -0.15) is 0 Å². The highest BCUT2D eigenvalue weighted by molar-refractivity contribution is 7.13. The first-order valence-electron chi connectivity index (χ1n) is 7.48. The van der Waals surface area contributed by atoms with Crippen LogP contribution in [0.1, 0.15) is 37.6 Å². The van der Waals surface area contributed by atoms with Gasteiger partial charge in [-0.15, -0.1) is 11.3 Å². The fraction of sp³-hybridized carbons (Fsp3) is 0.158. The smallest absolute Gasteiger partial charge is 0.351 e. The number of rotatable bonds is 2. The maximum Gasteiger partial charge on any atom is 0.351 e. The van der Waals surface area contributed by atoms with Gasteiger partial charge < -0.3 is 4.74 Å². The first-order valence-corrected chi connectivity index (χ1v) is 8.30. The van der Waals surface area contributed by atoms with Crippen molar-refractivity contribution in [3.8, 4) is 11.1 Å². The summed E-state index contributed by atoms with van der Waals surface area (Å²) in [5, 5.41) is 0.877. The maximum atomic E-state index is 12.6. The van der Waals surface area contributed by atoms with Crippen LogP contribution in [0.2, 0.25) is 0 Å². The molecule has 0 unspecified atom stereocenters. The van der Waals surface area contributed by atoms with E-state index in [0.717, 1.165) is 33.0 Å². The summed E-state index contributed by atoms with van der Waals surface area (Å²) in [6.45, 7) is 3.74. The molecule has 2 aromatic carbocycles. The molecule has 0 bridgehead atoms. The zero-order valence-electron chi connectivity index (χ0n) is 12.9. The molecule has 0 saturated heterocycles. The van der Waals surface area contributed by atoms with Crippen molar-refractivity contribution in [3.05, 3.63) is 75.2 Å². The Hall–Kier alpha value is -2.46. The summed E-state index contributed by atoms with van der Waals surface area (Å²) in [7, 11) is 0. The molecule has 0 amide bonds. The number of hydrogen-bond donors (Lipinski definition) is 0. The molecule has 0 saturated carbocycles. The van der Waals surface area contributed by atoms with Gasteiger partial charge in [0.25, 0.3) is 0 Å². The predicted molar refractivity (Wildman–Crippen MR) is 90.7 cm³/mol. The van der Waals surface area contributed by atoms with Crippen molar-refractivity contribution in [3.63, 3.8) is 0 Å². The molecule has 23 heavy (non-hydrogen) atoms. The first kappa shape index (κ1) is 14.2. The average Bonchev–Trinajstić information content (AvgIpc) is 3.06. The summed E-state index contributed by atoms with van der Waals surface area (Å²) in [5.41, 5.74) is 5.09. The normalized spacial score (nSPS) is 12.8.